The molecular weight excluding hydrogens is 218 g/mol. The van der Waals surface area contributed by atoms with Crippen molar-refractivity contribution in [3.8, 4) is 0 Å². The van der Waals surface area contributed by atoms with Gasteiger partial charge in [0.15, 0.2) is 5.76 Å². The number of rotatable bonds is 1. The van der Waals surface area contributed by atoms with Crippen LogP contribution in [0.25, 0.3) is 11.0 Å². The maximum absolute atomic E-state index is 12.0. The van der Waals surface area contributed by atoms with Gasteiger partial charge in [0, 0.05) is 11.5 Å². The number of carbonyl (C=O) groups is 1. The Labute approximate surface area is 96.4 Å². The summed E-state index contributed by atoms with van der Waals surface area (Å²) in [5.41, 5.74) is 6.28. The van der Waals surface area contributed by atoms with E-state index in [9.17, 15) is 4.79 Å². The second-order valence-corrected chi connectivity index (χ2v) is 3.62. The number of nitrogens with zero attached hydrogens (tertiary/aromatic N) is 2. The molecule has 2 N–H and O–H groups in total. The highest BCUT2D eigenvalue weighted by atomic mass is 16.3. The normalized spacial score (nSPS) is 10.8. The highest BCUT2D eigenvalue weighted by Crippen LogP contribution is 2.19. The fourth-order valence-corrected chi connectivity index (χ4v) is 1.67. The number of anilines is 1. The topological polar surface area (TPSA) is 74.0 Å². The van der Waals surface area contributed by atoms with E-state index in [0.29, 0.717) is 5.58 Å². The van der Waals surface area contributed by atoms with Gasteiger partial charge in [0.25, 0.3) is 0 Å². The van der Waals surface area contributed by atoms with Gasteiger partial charge in [-0.2, -0.15) is 9.78 Å². The number of hydrogen-bond acceptors (Lipinski definition) is 4. The summed E-state index contributed by atoms with van der Waals surface area (Å²) in [7, 11) is 0. The third-order valence-electron chi connectivity index (χ3n) is 2.50. The second kappa shape index (κ2) is 3.48. The van der Waals surface area contributed by atoms with Crippen LogP contribution in [0.5, 0.6) is 0 Å². The van der Waals surface area contributed by atoms with Crippen molar-refractivity contribution in [1.29, 1.82) is 0 Å². The molecule has 0 bridgehead atoms. The largest absolute Gasteiger partial charge is 0.451 e. The molecule has 0 saturated carbocycles. The Hall–Kier alpha value is -2.56. The van der Waals surface area contributed by atoms with Gasteiger partial charge in [0.05, 0.1) is 6.20 Å². The van der Waals surface area contributed by atoms with Crippen LogP contribution in [0.4, 0.5) is 5.82 Å². The molecule has 2 aromatic heterocycles. The fraction of sp³-hybridized carbons (Fsp3) is 0. The van der Waals surface area contributed by atoms with Crippen LogP contribution in [-0.4, -0.2) is 15.7 Å². The highest BCUT2D eigenvalue weighted by Gasteiger charge is 2.16. The lowest BCUT2D eigenvalue weighted by atomic mass is 10.2. The Balaban J connectivity index is 2.10. The summed E-state index contributed by atoms with van der Waals surface area (Å²) in [6.07, 6.45) is 1.47. The van der Waals surface area contributed by atoms with Gasteiger partial charge in [0.2, 0.25) is 0 Å². The van der Waals surface area contributed by atoms with Crippen molar-refractivity contribution in [3.05, 3.63) is 48.4 Å². The zero-order valence-corrected chi connectivity index (χ0v) is 8.83. The van der Waals surface area contributed by atoms with Crippen molar-refractivity contribution in [3.63, 3.8) is 0 Å². The van der Waals surface area contributed by atoms with E-state index in [1.165, 1.54) is 6.20 Å². The number of nitrogens with two attached hydrogens (primary N) is 1. The Morgan fingerprint density at radius 1 is 1.29 bits per heavy atom. The van der Waals surface area contributed by atoms with E-state index >= 15 is 0 Å². The Morgan fingerprint density at radius 2 is 2.12 bits per heavy atom. The first-order chi connectivity index (χ1) is 8.25. The summed E-state index contributed by atoms with van der Waals surface area (Å²) in [6, 6.07) is 10.6. The molecule has 5 heteroatoms. The van der Waals surface area contributed by atoms with Crippen molar-refractivity contribution < 1.29 is 9.21 Å². The van der Waals surface area contributed by atoms with Crippen LogP contribution in [0, 0.1) is 0 Å². The maximum Gasteiger partial charge on any atom is 0.315 e. The predicted octanol–water partition coefficient (Wildman–Crippen LogP) is 1.90. The molecule has 3 rings (SSSR count). The molecule has 0 amide bonds. The zero-order chi connectivity index (χ0) is 11.8. The van der Waals surface area contributed by atoms with Crippen molar-refractivity contribution in [2.75, 3.05) is 5.73 Å². The average molecular weight is 227 g/mol. The Bertz CT molecular complexity index is 663. The van der Waals surface area contributed by atoms with Crippen molar-refractivity contribution >= 4 is 22.7 Å². The molecule has 5 nitrogen and oxygen atoms in total. The number of nitrogen functional groups attached to an aromatic ring is 1. The summed E-state index contributed by atoms with van der Waals surface area (Å²) >= 11 is 0. The van der Waals surface area contributed by atoms with E-state index in [1.54, 1.807) is 18.2 Å². The molecule has 84 valence electrons. The number of fused-ring (bicyclic) bond motifs is 1. The van der Waals surface area contributed by atoms with Gasteiger partial charge in [0.1, 0.15) is 11.4 Å². The molecule has 0 aliphatic rings. The lowest BCUT2D eigenvalue weighted by Crippen LogP contribution is -2.15. The number of para-hydroxylation sites is 1. The first-order valence-electron chi connectivity index (χ1n) is 5.08. The molecule has 0 aliphatic heterocycles. The quantitative estimate of drug-likeness (QED) is 0.689. The van der Waals surface area contributed by atoms with Crippen LogP contribution >= 0.6 is 0 Å². The van der Waals surface area contributed by atoms with E-state index < -0.39 is 0 Å². The molecular formula is C12H9N3O2. The van der Waals surface area contributed by atoms with Crippen LogP contribution in [0.3, 0.4) is 0 Å². The first-order valence-corrected chi connectivity index (χ1v) is 5.08. The summed E-state index contributed by atoms with van der Waals surface area (Å²) in [5, 5.41) is 4.72. The summed E-state index contributed by atoms with van der Waals surface area (Å²) in [6.45, 7) is 0. The van der Waals surface area contributed by atoms with Crippen molar-refractivity contribution in [2.24, 2.45) is 0 Å². The molecule has 0 aliphatic carbocycles. The SMILES string of the molecule is Nc1ccnn1C(=O)c1cc2ccccc2o1. The van der Waals surface area contributed by atoms with Crippen LogP contribution < -0.4 is 5.73 Å². The van der Waals surface area contributed by atoms with Crippen LogP contribution in [0.1, 0.15) is 10.6 Å². The van der Waals surface area contributed by atoms with E-state index in [0.717, 1.165) is 10.1 Å². The van der Waals surface area contributed by atoms with E-state index in [4.69, 9.17) is 10.2 Å². The standard InChI is InChI=1S/C12H9N3O2/c13-11-5-6-14-15(11)12(16)10-7-8-3-1-2-4-9(8)17-10/h1-7H,13H2. The van der Waals surface area contributed by atoms with Crippen LogP contribution in [0.2, 0.25) is 0 Å². The summed E-state index contributed by atoms with van der Waals surface area (Å²) in [4.78, 5) is 12.0. The van der Waals surface area contributed by atoms with Gasteiger partial charge in [-0.25, -0.2) is 0 Å². The molecule has 0 atom stereocenters. The lowest BCUT2D eigenvalue weighted by Gasteiger charge is -1.98. The zero-order valence-electron chi connectivity index (χ0n) is 8.83. The van der Waals surface area contributed by atoms with Crippen LogP contribution in [-0.2, 0) is 0 Å². The number of aromatic nitrogens is 2. The molecule has 3 aromatic rings. The third-order valence-corrected chi connectivity index (χ3v) is 2.50. The summed E-state index contributed by atoms with van der Waals surface area (Å²) < 4.78 is 6.55. The average Bonchev–Trinajstić information content (AvgIpc) is 2.93. The molecule has 0 unspecified atom stereocenters. The van der Waals surface area contributed by atoms with Gasteiger partial charge < -0.3 is 10.2 Å². The predicted molar refractivity (Wildman–Crippen MR) is 62.6 cm³/mol. The first kappa shape index (κ1) is 9.65. The smallest absolute Gasteiger partial charge is 0.315 e. The van der Waals surface area contributed by atoms with Crippen LogP contribution in [0.15, 0.2) is 47.0 Å². The molecule has 2 heterocycles. The minimum Gasteiger partial charge on any atom is -0.451 e. The molecule has 0 fully saturated rings. The monoisotopic (exact) mass is 227 g/mol. The number of hydrogen-bond donors (Lipinski definition) is 1. The van der Waals surface area contributed by atoms with Gasteiger partial charge in [-0.3, -0.25) is 4.79 Å². The minimum atomic E-state index is -0.372. The van der Waals surface area contributed by atoms with Crippen molar-refractivity contribution in [1.82, 2.24) is 9.78 Å². The van der Waals surface area contributed by atoms with E-state index in [-0.39, 0.29) is 17.5 Å². The van der Waals surface area contributed by atoms with Gasteiger partial charge in [-0.15, -0.1) is 0 Å². The van der Waals surface area contributed by atoms with E-state index in [2.05, 4.69) is 5.10 Å². The second-order valence-electron chi connectivity index (χ2n) is 3.62. The summed E-state index contributed by atoms with van der Waals surface area (Å²) in [5.74, 6) is 0.140. The van der Waals surface area contributed by atoms with Gasteiger partial charge >= 0.3 is 5.91 Å². The molecule has 0 spiro atoms. The van der Waals surface area contributed by atoms with E-state index in [1.807, 2.05) is 18.2 Å². The highest BCUT2D eigenvalue weighted by molar-refractivity contribution is 5.98. The fourth-order valence-electron chi connectivity index (χ4n) is 1.67. The Morgan fingerprint density at radius 3 is 2.82 bits per heavy atom. The van der Waals surface area contributed by atoms with Gasteiger partial charge in [-0.1, -0.05) is 18.2 Å². The molecule has 0 radical (unpaired) electrons. The molecule has 1 aromatic carbocycles. The molecule has 17 heavy (non-hydrogen) atoms. The maximum atomic E-state index is 12.0. The third kappa shape index (κ3) is 1.48. The Kier molecular flexibility index (Phi) is 1.98. The number of carbonyl (C=O) groups excluding carboxylic acids is 1. The lowest BCUT2D eigenvalue weighted by molar-refractivity contribution is 0.0922. The number of benzene rings is 1. The number of furan rings is 1. The minimum absolute atomic E-state index is 0.224. The van der Waals surface area contributed by atoms with Gasteiger partial charge in [-0.05, 0) is 12.1 Å². The van der Waals surface area contributed by atoms with Crippen molar-refractivity contribution in [2.45, 2.75) is 0 Å². The molecule has 0 saturated heterocycles.